The summed E-state index contributed by atoms with van der Waals surface area (Å²) in [7, 11) is 0. The van der Waals surface area contributed by atoms with Gasteiger partial charge in [0.2, 0.25) is 6.29 Å². The monoisotopic (exact) mass is 188 g/mol. The SMILES string of the molecule is CC#Cc1ccc(C)c2c1OC(C)O2. The quantitative estimate of drug-likeness (QED) is 0.582. The van der Waals surface area contributed by atoms with Crippen LogP contribution in [-0.4, -0.2) is 6.29 Å². The fourth-order valence-corrected chi connectivity index (χ4v) is 1.51. The van der Waals surface area contributed by atoms with Crippen molar-refractivity contribution in [1.82, 2.24) is 0 Å². The van der Waals surface area contributed by atoms with Crippen LogP contribution in [-0.2, 0) is 0 Å². The zero-order chi connectivity index (χ0) is 10.1. The lowest BCUT2D eigenvalue weighted by atomic mass is 10.1. The molecule has 0 aromatic heterocycles. The molecule has 2 heteroatoms. The van der Waals surface area contributed by atoms with Crippen LogP contribution in [0.15, 0.2) is 12.1 Å². The third-order valence-electron chi connectivity index (χ3n) is 2.14. The summed E-state index contributed by atoms with van der Waals surface area (Å²) in [6.45, 7) is 5.69. The van der Waals surface area contributed by atoms with Gasteiger partial charge in [-0.05, 0) is 25.5 Å². The van der Waals surface area contributed by atoms with Crippen molar-refractivity contribution in [2.45, 2.75) is 27.1 Å². The van der Waals surface area contributed by atoms with Crippen molar-refractivity contribution in [1.29, 1.82) is 0 Å². The molecule has 0 fully saturated rings. The van der Waals surface area contributed by atoms with Crippen molar-refractivity contribution in [3.05, 3.63) is 23.3 Å². The Morgan fingerprint density at radius 3 is 2.64 bits per heavy atom. The summed E-state index contributed by atoms with van der Waals surface area (Å²) in [5, 5.41) is 0. The van der Waals surface area contributed by atoms with Gasteiger partial charge in [0.25, 0.3) is 0 Å². The molecule has 2 nitrogen and oxygen atoms in total. The summed E-state index contributed by atoms with van der Waals surface area (Å²) in [4.78, 5) is 0. The minimum absolute atomic E-state index is 0.205. The molecule has 0 bridgehead atoms. The molecule has 1 aliphatic heterocycles. The summed E-state index contributed by atoms with van der Waals surface area (Å²) in [5.74, 6) is 7.48. The van der Waals surface area contributed by atoms with E-state index in [4.69, 9.17) is 9.47 Å². The van der Waals surface area contributed by atoms with Crippen molar-refractivity contribution in [2.24, 2.45) is 0 Å². The molecule has 1 unspecified atom stereocenters. The van der Waals surface area contributed by atoms with E-state index in [0.717, 1.165) is 22.6 Å². The number of ether oxygens (including phenoxy) is 2. The van der Waals surface area contributed by atoms with Crippen molar-refractivity contribution in [3.8, 4) is 23.3 Å². The van der Waals surface area contributed by atoms with E-state index >= 15 is 0 Å². The van der Waals surface area contributed by atoms with Gasteiger partial charge in [0.1, 0.15) is 0 Å². The minimum Gasteiger partial charge on any atom is -0.451 e. The van der Waals surface area contributed by atoms with E-state index in [0.29, 0.717) is 0 Å². The van der Waals surface area contributed by atoms with Crippen LogP contribution in [0.25, 0.3) is 0 Å². The van der Waals surface area contributed by atoms with E-state index in [1.807, 2.05) is 32.9 Å². The first-order valence-corrected chi connectivity index (χ1v) is 4.62. The highest BCUT2D eigenvalue weighted by molar-refractivity contribution is 5.58. The smallest absolute Gasteiger partial charge is 0.238 e. The molecule has 0 radical (unpaired) electrons. The Balaban J connectivity index is 2.56. The highest BCUT2D eigenvalue weighted by Gasteiger charge is 2.24. The topological polar surface area (TPSA) is 18.5 Å². The summed E-state index contributed by atoms with van der Waals surface area (Å²) < 4.78 is 11.1. The van der Waals surface area contributed by atoms with E-state index in [9.17, 15) is 0 Å². The Labute approximate surface area is 83.8 Å². The van der Waals surface area contributed by atoms with Gasteiger partial charge in [0.05, 0.1) is 5.56 Å². The average molecular weight is 188 g/mol. The lowest BCUT2D eigenvalue weighted by Gasteiger charge is -2.01. The number of hydrogen-bond donors (Lipinski definition) is 0. The van der Waals surface area contributed by atoms with Gasteiger partial charge in [-0.15, -0.1) is 5.92 Å². The predicted octanol–water partition coefficient (Wildman–Crippen LogP) is 2.48. The van der Waals surface area contributed by atoms with Gasteiger partial charge in [-0.2, -0.15) is 0 Å². The zero-order valence-corrected chi connectivity index (χ0v) is 8.55. The minimum atomic E-state index is -0.205. The maximum absolute atomic E-state index is 5.55. The number of hydrogen-bond acceptors (Lipinski definition) is 2. The predicted molar refractivity (Wildman–Crippen MR) is 54.4 cm³/mol. The highest BCUT2D eigenvalue weighted by atomic mass is 16.7. The summed E-state index contributed by atoms with van der Waals surface area (Å²) in [6, 6.07) is 3.96. The molecule has 14 heavy (non-hydrogen) atoms. The Morgan fingerprint density at radius 2 is 1.93 bits per heavy atom. The molecular weight excluding hydrogens is 176 g/mol. The van der Waals surface area contributed by atoms with Gasteiger partial charge < -0.3 is 9.47 Å². The number of aryl methyl sites for hydroxylation is 1. The molecular formula is C12H12O2. The fourth-order valence-electron chi connectivity index (χ4n) is 1.51. The number of benzene rings is 1. The Bertz CT molecular complexity index is 424. The molecule has 1 atom stereocenters. The molecule has 0 amide bonds. The van der Waals surface area contributed by atoms with Crippen molar-refractivity contribution in [2.75, 3.05) is 0 Å². The van der Waals surface area contributed by atoms with Crippen LogP contribution in [0.5, 0.6) is 11.5 Å². The second-order valence-electron chi connectivity index (χ2n) is 3.27. The zero-order valence-electron chi connectivity index (χ0n) is 8.55. The van der Waals surface area contributed by atoms with Crippen molar-refractivity contribution >= 4 is 0 Å². The molecule has 0 aliphatic carbocycles. The third-order valence-corrected chi connectivity index (χ3v) is 2.14. The number of rotatable bonds is 0. The van der Waals surface area contributed by atoms with E-state index < -0.39 is 0 Å². The molecule has 1 aromatic carbocycles. The van der Waals surface area contributed by atoms with Gasteiger partial charge in [0, 0.05) is 6.92 Å². The van der Waals surface area contributed by atoms with Gasteiger partial charge in [-0.3, -0.25) is 0 Å². The third kappa shape index (κ3) is 1.31. The molecule has 1 aliphatic rings. The summed E-state index contributed by atoms with van der Waals surface area (Å²) in [5.41, 5.74) is 1.99. The van der Waals surface area contributed by atoms with Gasteiger partial charge >= 0.3 is 0 Å². The summed E-state index contributed by atoms with van der Waals surface area (Å²) in [6.07, 6.45) is -0.205. The standard InChI is InChI=1S/C12H12O2/c1-4-5-10-7-6-8(2)11-12(10)14-9(3)13-11/h6-7,9H,1-3H3. The van der Waals surface area contributed by atoms with E-state index in [1.54, 1.807) is 0 Å². The van der Waals surface area contributed by atoms with Crippen LogP contribution in [0.3, 0.4) is 0 Å². The van der Waals surface area contributed by atoms with Crippen molar-refractivity contribution in [3.63, 3.8) is 0 Å². The second-order valence-corrected chi connectivity index (χ2v) is 3.27. The average Bonchev–Trinajstić information content (AvgIpc) is 2.53. The van der Waals surface area contributed by atoms with Crippen LogP contribution in [0.1, 0.15) is 25.0 Å². The normalized spacial score (nSPS) is 17.5. The van der Waals surface area contributed by atoms with Crippen molar-refractivity contribution < 1.29 is 9.47 Å². The van der Waals surface area contributed by atoms with E-state index in [-0.39, 0.29) is 6.29 Å². The Hall–Kier alpha value is -1.62. The van der Waals surface area contributed by atoms with E-state index in [1.165, 1.54) is 0 Å². The molecule has 0 N–H and O–H groups in total. The maximum Gasteiger partial charge on any atom is 0.238 e. The Kier molecular flexibility index (Phi) is 2.09. The van der Waals surface area contributed by atoms with Crippen LogP contribution in [0.2, 0.25) is 0 Å². The molecule has 1 aromatic rings. The maximum atomic E-state index is 5.55. The first kappa shape index (κ1) is 8.96. The largest absolute Gasteiger partial charge is 0.451 e. The van der Waals surface area contributed by atoms with Crippen LogP contribution >= 0.6 is 0 Å². The highest BCUT2D eigenvalue weighted by Crippen LogP contribution is 2.40. The molecule has 2 rings (SSSR count). The number of fused-ring (bicyclic) bond motifs is 1. The molecule has 0 saturated carbocycles. The van der Waals surface area contributed by atoms with Gasteiger partial charge in [-0.25, -0.2) is 0 Å². The second kappa shape index (κ2) is 3.26. The molecule has 0 saturated heterocycles. The van der Waals surface area contributed by atoms with Gasteiger partial charge in [0.15, 0.2) is 11.5 Å². The van der Waals surface area contributed by atoms with Crippen LogP contribution in [0, 0.1) is 18.8 Å². The van der Waals surface area contributed by atoms with E-state index in [2.05, 4.69) is 11.8 Å². The molecule has 1 heterocycles. The van der Waals surface area contributed by atoms with Crippen LogP contribution in [0.4, 0.5) is 0 Å². The fraction of sp³-hybridized carbons (Fsp3) is 0.333. The lowest BCUT2D eigenvalue weighted by Crippen LogP contribution is -2.11. The van der Waals surface area contributed by atoms with Gasteiger partial charge in [-0.1, -0.05) is 12.0 Å². The lowest BCUT2D eigenvalue weighted by molar-refractivity contribution is 0.0674. The first-order chi connectivity index (χ1) is 6.72. The summed E-state index contributed by atoms with van der Waals surface area (Å²) >= 11 is 0. The Morgan fingerprint density at radius 1 is 1.21 bits per heavy atom. The molecule has 0 spiro atoms. The molecule has 72 valence electrons. The van der Waals surface area contributed by atoms with Crippen LogP contribution < -0.4 is 9.47 Å². The first-order valence-electron chi connectivity index (χ1n) is 4.62.